The molecule has 4 rings (SSSR count). The molecule has 1 aliphatic heterocycles. The molecule has 3 aromatic rings. The summed E-state index contributed by atoms with van der Waals surface area (Å²) in [5, 5.41) is 3.12. The zero-order valence-corrected chi connectivity index (χ0v) is 13.5. The van der Waals surface area contributed by atoms with Gasteiger partial charge in [-0.25, -0.2) is 23.1 Å². The number of rotatable bonds is 3. The van der Waals surface area contributed by atoms with Crippen molar-refractivity contribution in [2.45, 2.75) is 12.5 Å². The maximum atomic E-state index is 11.4. The first-order valence-electron chi connectivity index (χ1n) is 7.44. The quantitative estimate of drug-likeness (QED) is 0.753. The molecular weight excluding hydrogens is 314 g/mol. The van der Waals surface area contributed by atoms with Gasteiger partial charge < -0.3 is 9.88 Å². The second-order valence-corrected chi connectivity index (χ2v) is 7.70. The highest BCUT2D eigenvalue weighted by Crippen LogP contribution is 2.32. The SMILES string of the molecule is CS(=O)(=O)NC1CCN(c2nccc3cnc4[nH]ccc4c23)C1. The van der Waals surface area contributed by atoms with Crippen molar-refractivity contribution in [3.8, 4) is 0 Å². The zero-order valence-electron chi connectivity index (χ0n) is 12.7. The van der Waals surface area contributed by atoms with Crippen LogP contribution in [0.2, 0.25) is 0 Å². The number of H-pyrrole nitrogens is 1. The van der Waals surface area contributed by atoms with Crippen LogP contribution >= 0.6 is 0 Å². The first-order chi connectivity index (χ1) is 11.0. The van der Waals surface area contributed by atoms with Crippen LogP contribution < -0.4 is 9.62 Å². The van der Waals surface area contributed by atoms with E-state index in [4.69, 9.17) is 0 Å². The number of pyridine rings is 2. The summed E-state index contributed by atoms with van der Waals surface area (Å²) in [5.74, 6) is 0.882. The van der Waals surface area contributed by atoms with Gasteiger partial charge >= 0.3 is 0 Å². The van der Waals surface area contributed by atoms with Gasteiger partial charge in [-0.15, -0.1) is 0 Å². The molecule has 1 saturated heterocycles. The van der Waals surface area contributed by atoms with Crippen molar-refractivity contribution in [2.75, 3.05) is 24.2 Å². The number of aromatic nitrogens is 3. The van der Waals surface area contributed by atoms with Gasteiger partial charge in [0, 0.05) is 53.9 Å². The molecule has 1 aliphatic rings. The fourth-order valence-corrected chi connectivity index (χ4v) is 4.04. The molecule has 4 heterocycles. The van der Waals surface area contributed by atoms with Crippen LogP contribution in [-0.2, 0) is 10.0 Å². The third-order valence-electron chi connectivity index (χ3n) is 4.16. The average Bonchev–Trinajstić information content (AvgIpc) is 3.13. The van der Waals surface area contributed by atoms with Crippen LogP contribution in [0.1, 0.15) is 6.42 Å². The van der Waals surface area contributed by atoms with Crippen LogP contribution in [0.3, 0.4) is 0 Å². The van der Waals surface area contributed by atoms with E-state index in [9.17, 15) is 8.42 Å². The average molecular weight is 331 g/mol. The van der Waals surface area contributed by atoms with Gasteiger partial charge in [-0.3, -0.25) is 0 Å². The minimum atomic E-state index is -3.19. The van der Waals surface area contributed by atoms with Crippen molar-refractivity contribution in [3.05, 3.63) is 30.7 Å². The number of nitrogens with zero attached hydrogens (tertiary/aromatic N) is 3. The number of aromatic amines is 1. The number of nitrogens with one attached hydrogen (secondary N) is 2. The zero-order chi connectivity index (χ0) is 16.0. The summed E-state index contributed by atoms with van der Waals surface area (Å²) in [6, 6.07) is 3.87. The summed E-state index contributed by atoms with van der Waals surface area (Å²) in [6.07, 6.45) is 7.44. The van der Waals surface area contributed by atoms with Crippen molar-refractivity contribution in [1.29, 1.82) is 0 Å². The molecule has 8 heteroatoms. The van der Waals surface area contributed by atoms with E-state index in [-0.39, 0.29) is 6.04 Å². The Labute approximate surface area is 133 Å². The van der Waals surface area contributed by atoms with Gasteiger partial charge in [0.1, 0.15) is 11.5 Å². The first-order valence-corrected chi connectivity index (χ1v) is 9.33. The second-order valence-electron chi connectivity index (χ2n) is 5.92. The van der Waals surface area contributed by atoms with Crippen molar-refractivity contribution in [1.82, 2.24) is 19.7 Å². The third-order valence-corrected chi connectivity index (χ3v) is 4.92. The Morgan fingerprint density at radius 1 is 1.35 bits per heavy atom. The van der Waals surface area contributed by atoms with Gasteiger partial charge in [0.25, 0.3) is 0 Å². The standard InChI is InChI=1S/C15H17N5O2S/c1-23(21,22)19-11-4-7-20(9-11)15-13-10(2-5-17-15)8-18-14-12(13)3-6-16-14/h2-3,5-6,8,11,19H,4,7,9H2,1H3,(H,16,18). The summed E-state index contributed by atoms with van der Waals surface area (Å²) in [7, 11) is -3.19. The normalized spacial score (nSPS) is 19.0. The predicted octanol–water partition coefficient (Wildman–Crippen LogP) is 1.24. The van der Waals surface area contributed by atoms with E-state index in [2.05, 4.69) is 24.6 Å². The Morgan fingerprint density at radius 2 is 2.22 bits per heavy atom. The molecule has 1 fully saturated rings. The van der Waals surface area contributed by atoms with Crippen molar-refractivity contribution in [3.63, 3.8) is 0 Å². The van der Waals surface area contributed by atoms with E-state index in [0.29, 0.717) is 6.54 Å². The highest BCUT2D eigenvalue weighted by atomic mass is 32.2. The predicted molar refractivity (Wildman–Crippen MR) is 90.0 cm³/mol. The Kier molecular flexibility index (Phi) is 3.24. The van der Waals surface area contributed by atoms with E-state index in [0.717, 1.165) is 40.6 Å². The van der Waals surface area contributed by atoms with Gasteiger partial charge in [-0.1, -0.05) is 0 Å². The van der Waals surface area contributed by atoms with Crippen LogP contribution in [0.4, 0.5) is 5.82 Å². The number of fused-ring (bicyclic) bond motifs is 3. The Hall–Kier alpha value is -2.19. The molecule has 1 unspecified atom stereocenters. The minimum absolute atomic E-state index is 0.0781. The van der Waals surface area contributed by atoms with Gasteiger partial charge in [-0.05, 0) is 18.6 Å². The molecule has 0 aliphatic carbocycles. The first kappa shape index (κ1) is 14.4. The molecule has 7 nitrogen and oxygen atoms in total. The Morgan fingerprint density at radius 3 is 3.04 bits per heavy atom. The number of anilines is 1. The lowest BCUT2D eigenvalue weighted by Gasteiger charge is -2.19. The molecule has 3 aromatic heterocycles. The third kappa shape index (κ3) is 2.64. The molecular formula is C15H17N5O2S. The van der Waals surface area contributed by atoms with Crippen LogP contribution in [0.5, 0.6) is 0 Å². The van der Waals surface area contributed by atoms with Crippen molar-refractivity contribution >= 4 is 37.6 Å². The smallest absolute Gasteiger partial charge is 0.209 e. The highest BCUT2D eigenvalue weighted by Gasteiger charge is 2.27. The number of sulfonamides is 1. The molecule has 0 bridgehead atoms. The van der Waals surface area contributed by atoms with Gasteiger partial charge in [0.2, 0.25) is 10.0 Å². The summed E-state index contributed by atoms with van der Waals surface area (Å²) < 4.78 is 25.5. The lowest BCUT2D eigenvalue weighted by Crippen LogP contribution is -2.36. The van der Waals surface area contributed by atoms with Crippen LogP contribution in [0.15, 0.2) is 30.7 Å². The van der Waals surface area contributed by atoms with Crippen molar-refractivity contribution in [2.24, 2.45) is 0 Å². The molecule has 0 amide bonds. The van der Waals surface area contributed by atoms with E-state index in [1.807, 2.05) is 24.5 Å². The van der Waals surface area contributed by atoms with E-state index in [1.165, 1.54) is 6.26 Å². The fourth-order valence-electron chi connectivity index (χ4n) is 3.24. The Balaban J connectivity index is 1.76. The van der Waals surface area contributed by atoms with Gasteiger partial charge in [0.15, 0.2) is 0 Å². The minimum Gasteiger partial charge on any atom is -0.354 e. The monoisotopic (exact) mass is 331 g/mol. The summed E-state index contributed by atoms with van der Waals surface area (Å²) in [4.78, 5) is 14.2. The maximum Gasteiger partial charge on any atom is 0.209 e. The lowest BCUT2D eigenvalue weighted by molar-refractivity contribution is 0.567. The summed E-state index contributed by atoms with van der Waals surface area (Å²) in [6.45, 7) is 1.39. The molecule has 120 valence electrons. The molecule has 23 heavy (non-hydrogen) atoms. The number of hydrogen-bond acceptors (Lipinski definition) is 5. The van der Waals surface area contributed by atoms with Crippen molar-refractivity contribution < 1.29 is 8.42 Å². The van der Waals surface area contributed by atoms with Crippen LogP contribution in [-0.4, -0.2) is 48.8 Å². The molecule has 1 atom stereocenters. The molecule has 0 radical (unpaired) electrons. The molecule has 2 N–H and O–H groups in total. The van der Waals surface area contributed by atoms with Gasteiger partial charge in [0.05, 0.1) is 6.26 Å². The van der Waals surface area contributed by atoms with E-state index >= 15 is 0 Å². The van der Waals surface area contributed by atoms with Gasteiger partial charge in [-0.2, -0.15) is 0 Å². The fraction of sp³-hybridized carbons (Fsp3) is 0.333. The summed E-state index contributed by atoms with van der Waals surface area (Å²) in [5.41, 5.74) is 0.830. The topological polar surface area (TPSA) is 91.0 Å². The Bertz CT molecular complexity index is 982. The maximum absolute atomic E-state index is 11.4. The summed E-state index contributed by atoms with van der Waals surface area (Å²) >= 11 is 0. The second kappa shape index (κ2) is 5.17. The van der Waals surface area contributed by atoms with Crippen LogP contribution in [0, 0.1) is 0 Å². The highest BCUT2D eigenvalue weighted by molar-refractivity contribution is 7.88. The van der Waals surface area contributed by atoms with E-state index in [1.54, 1.807) is 6.20 Å². The number of hydrogen-bond donors (Lipinski definition) is 2. The molecule has 0 spiro atoms. The lowest BCUT2D eigenvalue weighted by atomic mass is 10.1. The molecule has 0 saturated carbocycles. The van der Waals surface area contributed by atoms with Crippen LogP contribution in [0.25, 0.3) is 21.8 Å². The molecule has 0 aromatic carbocycles. The largest absolute Gasteiger partial charge is 0.354 e. The van der Waals surface area contributed by atoms with E-state index < -0.39 is 10.0 Å².